The average Bonchev–Trinajstić information content (AvgIpc) is 3.04. The van der Waals surface area contributed by atoms with E-state index in [4.69, 9.17) is 0 Å². The summed E-state index contributed by atoms with van der Waals surface area (Å²) in [5, 5.41) is 10.4. The van der Waals surface area contributed by atoms with Gasteiger partial charge in [0.05, 0.1) is 6.10 Å². The summed E-state index contributed by atoms with van der Waals surface area (Å²) in [7, 11) is 0. The number of aliphatic hydroxyl groups is 1. The second-order valence-electron chi connectivity index (χ2n) is 5.67. The minimum absolute atomic E-state index is 0.0386. The van der Waals surface area contributed by atoms with Gasteiger partial charge in [-0.25, -0.2) is 0 Å². The van der Waals surface area contributed by atoms with Crippen LogP contribution in [0.15, 0.2) is 54.7 Å². The van der Waals surface area contributed by atoms with Crippen molar-refractivity contribution < 1.29 is 9.90 Å². The van der Waals surface area contributed by atoms with E-state index >= 15 is 0 Å². The number of amides is 1. The second-order valence-corrected chi connectivity index (χ2v) is 5.67. The van der Waals surface area contributed by atoms with Gasteiger partial charge < -0.3 is 10.0 Å². The van der Waals surface area contributed by atoms with Crippen molar-refractivity contribution in [1.82, 2.24) is 9.88 Å². The highest BCUT2D eigenvalue weighted by Crippen LogP contribution is 2.28. The van der Waals surface area contributed by atoms with Gasteiger partial charge in [-0.05, 0) is 37.0 Å². The second kappa shape index (κ2) is 6.71. The summed E-state index contributed by atoms with van der Waals surface area (Å²) < 4.78 is 0. The summed E-state index contributed by atoms with van der Waals surface area (Å²) in [6.07, 6.45) is 3.58. The van der Waals surface area contributed by atoms with E-state index in [1.807, 2.05) is 41.3 Å². The summed E-state index contributed by atoms with van der Waals surface area (Å²) in [5.41, 5.74) is 1.38. The van der Waals surface area contributed by atoms with E-state index in [2.05, 4.69) is 4.98 Å². The lowest BCUT2D eigenvalue weighted by atomic mass is 10.0. The SMILES string of the molecule is O=C(c1ccccn1)N1CCCC1CC(O)c1ccccc1. The Morgan fingerprint density at radius 2 is 2.00 bits per heavy atom. The number of likely N-dealkylation sites (tertiary alicyclic amines) is 1. The Bertz CT molecular complexity index is 615. The van der Waals surface area contributed by atoms with E-state index in [0.717, 1.165) is 24.9 Å². The normalized spacial score (nSPS) is 19.1. The van der Waals surface area contributed by atoms with Gasteiger partial charge >= 0.3 is 0 Å². The molecular formula is C18H20N2O2. The highest BCUT2D eigenvalue weighted by molar-refractivity contribution is 5.92. The Morgan fingerprint density at radius 3 is 2.73 bits per heavy atom. The molecule has 1 aromatic carbocycles. The van der Waals surface area contributed by atoms with Crippen LogP contribution in [0.4, 0.5) is 0 Å². The number of aromatic nitrogens is 1. The molecule has 22 heavy (non-hydrogen) atoms. The number of nitrogens with zero attached hydrogens (tertiary/aromatic N) is 2. The van der Waals surface area contributed by atoms with Crippen molar-refractivity contribution in [2.45, 2.75) is 31.4 Å². The molecule has 0 aliphatic carbocycles. The van der Waals surface area contributed by atoms with Crippen molar-refractivity contribution in [3.8, 4) is 0 Å². The number of pyridine rings is 1. The topological polar surface area (TPSA) is 53.4 Å². The molecule has 2 unspecified atom stereocenters. The van der Waals surface area contributed by atoms with Gasteiger partial charge in [-0.1, -0.05) is 36.4 Å². The van der Waals surface area contributed by atoms with Crippen molar-refractivity contribution in [3.63, 3.8) is 0 Å². The molecule has 0 saturated carbocycles. The van der Waals surface area contributed by atoms with E-state index in [0.29, 0.717) is 12.1 Å². The first-order valence-corrected chi connectivity index (χ1v) is 7.70. The smallest absolute Gasteiger partial charge is 0.272 e. The lowest BCUT2D eigenvalue weighted by Gasteiger charge is -2.26. The van der Waals surface area contributed by atoms with Crippen LogP contribution in [0.1, 0.15) is 41.4 Å². The minimum Gasteiger partial charge on any atom is -0.388 e. The van der Waals surface area contributed by atoms with Crippen LogP contribution in [0, 0.1) is 0 Å². The van der Waals surface area contributed by atoms with Gasteiger partial charge in [-0.2, -0.15) is 0 Å². The maximum Gasteiger partial charge on any atom is 0.272 e. The van der Waals surface area contributed by atoms with Gasteiger partial charge in [0, 0.05) is 18.8 Å². The molecular weight excluding hydrogens is 276 g/mol. The van der Waals surface area contributed by atoms with Crippen molar-refractivity contribution in [3.05, 3.63) is 66.0 Å². The zero-order valence-corrected chi connectivity index (χ0v) is 12.4. The first-order valence-electron chi connectivity index (χ1n) is 7.70. The number of aliphatic hydroxyl groups excluding tert-OH is 1. The maximum atomic E-state index is 12.6. The summed E-state index contributed by atoms with van der Waals surface area (Å²) in [6.45, 7) is 0.738. The molecule has 2 atom stereocenters. The number of carbonyl (C=O) groups is 1. The lowest BCUT2D eigenvalue weighted by molar-refractivity contribution is 0.0661. The lowest BCUT2D eigenvalue weighted by Crippen LogP contribution is -2.36. The van der Waals surface area contributed by atoms with E-state index in [1.165, 1.54) is 0 Å². The van der Waals surface area contributed by atoms with Crippen LogP contribution in [-0.4, -0.2) is 33.5 Å². The van der Waals surface area contributed by atoms with E-state index < -0.39 is 6.10 Å². The van der Waals surface area contributed by atoms with Gasteiger partial charge in [0.15, 0.2) is 0 Å². The molecule has 0 spiro atoms. The van der Waals surface area contributed by atoms with Crippen molar-refractivity contribution in [2.24, 2.45) is 0 Å². The third-order valence-corrected chi connectivity index (χ3v) is 4.20. The van der Waals surface area contributed by atoms with Crippen molar-refractivity contribution in [1.29, 1.82) is 0 Å². The first kappa shape index (κ1) is 14.7. The van der Waals surface area contributed by atoms with Crippen LogP contribution in [0.3, 0.4) is 0 Å². The Hall–Kier alpha value is -2.20. The number of benzene rings is 1. The van der Waals surface area contributed by atoms with Gasteiger partial charge in [0.25, 0.3) is 5.91 Å². The summed E-state index contributed by atoms with van der Waals surface area (Å²) >= 11 is 0. The predicted octanol–water partition coefficient (Wildman–Crippen LogP) is 2.81. The summed E-state index contributed by atoms with van der Waals surface area (Å²) in [6, 6.07) is 15.1. The first-order chi connectivity index (χ1) is 10.8. The van der Waals surface area contributed by atoms with Crippen LogP contribution >= 0.6 is 0 Å². The summed E-state index contributed by atoms with van der Waals surface area (Å²) in [5.74, 6) is -0.0386. The van der Waals surface area contributed by atoms with Gasteiger partial charge in [-0.3, -0.25) is 9.78 Å². The van der Waals surface area contributed by atoms with E-state index in [-0.39, 0.29) is 11.9 Å². The molecule has 1 aromatic heterocycles. The monoisotopic (exact) mass is 296 g/mol. The standard InChI is InChI=1S/C18H20N2O2/c21-17(14-7-2-1-3-8-14)13-15-9-6-12-20(15)18(22)16-10-4-5-11-19-16/h1-5,7-8,10-11,15,17,21H,6,9,12-13H2. The van der Waals surface area contributed by atoms with Crippen LogP contribution < -0.4 is 0 Å². The average molecular weight is 296 g/mol. The number of hydrogen-bond acceptors (Lipinski definition) is 3. The van der Waals surface area contributed by atoms with Gasteiger partial charge in [0.2, 0.25) is 0 Å². The van der Waals surface area contributed by atoms with Crippen LogP contribution in [0.5, 0.6) is 0 Å². The van der Waals surface area contributed by atoms with E-state index in [9.17, 15) is 9.90 Å². The molecule has 2 heterocycles. The Morgan fingerprint density at radius 1 is 1.23 bits per heavy atom. The number of rotatable bonds is 4. The Kier molecular flexibility index (Phi) is 4.49. The molecule has 0 bridgehead atoms. The van der Waals surface area contributed by atoms with Crippen molar-refractivity contribution in [2.75, 3.05) is 6.54 Å². The third-order valence-electron chi connectivity index (χ3n) is 4.20. The summed E-state index contributed by atoms with van der Waals surface area (Å²) in [4.78, 5) is 18.6. The van der Waals surface area contributed by atoms with Crippen LogP contribution in [0.25, 0.3) is 0 Å². The van der Waals surface area contributed by atoms with Crippen LogP contribution in [0.2, 0.25) is 0 Å². The van der Waals surface area contributed by atoms with Gasteiger partial charge in [0.1, 0.15) is 5.69 Å². The molecule has 1 fully saturated rings. The van der Waals surface area contributed by atoms with E-state index in [1.54, 1.807) is 18.3 Å². The fourth-order valence-corrected chi connectivity index (χ4v) is 3.05. The molecule has 4 nitrogen and oxygen atoms in total. The highest BCUT2D eigenvalue weighted by Gasteiger charge is 2.31. The molecule has 1 aliphatic heterocycles. The minimum atomic E-state index is -0.539. The Balaban J connectivity index is 1.70. The molecule has 1 aliphatic rings. The number of hydrogen-bond donors (Lipinski definition) is 1. The fraction of sp³-hybridized carbons (Fsp3) is 0.333. The number of carbonyl (C=O) groups excluding carboxylic acids is 1. The van der Waals surface area contributed by atoms with Gasteiger partial charge in [-0.15, -0.1) is 0 Å². The zero-order valence-electron chi connectivity index (χ0n) is 12.4. The molecule has 114 valence electrons. The molecule has 4 heteroatoms. The Labute approximate surface area is 130 Å². The highest BCUT2D eigenvalue weighted by atomic mass is 16.3. The molecule has 1 saturated heterocycles. The fourth-order valence-electron chi connectivity index (χ4n) is 3.05. The maximum absolute atomic E-state index is 12.6. The van der Waals surface area contributed by atoms with Crippen LogP contribution in [-0.2, 0) is 0 Å². The van der Waals surface area contributed by atoms with Crippen molar-refractivity contribution >= 4 is 5.91 Å². The molecule has 3 rings (SSSR count). The molecule has 1 N–H and O–H groups in total. The molecule has 2 aromatic rings. The zero-order chi connectivity index (χ0) is 15.4. The third kappa shape index (κ3) is 3.17. The molecule has 1 amide bonds. The predicted molar refractivity (Wildman–Crippen MR) is 84.3 cm³/mol. The largest absolute Gasteiger partial charge is 0.388 e. The quantitative estimate of drug-likeness (QED) is 0.944. The molecule has 0 radical (unpaired) electrons.